The average molecular weight is 1410 g/mol. The number of rotatable bonds is 77. The summed E-state index contributed by atoms with van der Waals surface area (Å²) < 4.78 is 68.6. The van der Waals surface area contributed by atoms with Crippen LogP contribution in [0.5, 0.6) is 0 Å². The third-order valence-electron chi connectivity index (χ3n) is 18.0. The number of phosphoric acid groups is 2. The van der Waals surface area contributed by atoms with E-state index in [1.165, 1.54) is 231 Å². The molecule has 0 heterocycles. The van der Waals surface area contributed by atoms with Gasteiger partial charge in [0.05, 0.1) is 26.4 Å². The van der Waals surface area contributed by atoms with Gasteiger partial charge in [0.1, 0.15) is 19.3 Å². The molecule has 0 fully saturated rings. The summed E-state index contributed by atoms with van der Waals surface area (Å²) in [5.74, 6) is -1.36. The number of unbranched alkanes of at least 4 members (excludes halogenated alkanes) is 49. The Kier molecular flexibility index (Phi) is 68.7. The molecule has 0 bridgehead atoms. The van der Waals surface area contributed by atoms with Gasteiger partial charge in [-0.2, -0.15) is 0 Å². The van der Waals surface area contributed by atoms with Crippen LogP contribution in [0.4, 0.5) is 0 Å². The normalized spacial score (nSPS) is 13.9. The Bertz CT molecular complexity index is 1840. The number of carbonyl (C=O) groups is 4. The highest BCUT2D eigenvalue weighted by atomic mass is 31.2. The lowest BCUT2D eigenvalue weighted by Gasteiger charge is -2.21. The van der Waals surface area contributed by atoms with E-state index in [1.807, 2.05) is 0 Å². The lowest BCUT2D eigenvalue weighted by atomic mass is 10.0. The zero-order valence-corrected chi connectivity index (χ0v) is 64.3. The fourth-order valence-corrected chi connectivity index (χ4v) is 13.5. The number of aliphatic hydroxyl groups is 1. The highest BCUT2D eigenvalue weighted by molar-refractivity contribution is 7.47. The van der Waals surface area contributed by atoms with Gasteiger partial charge in [-0.25, -0.2) is 9.13 Å². The van der Waals surface area contributed by atoms with E-state index in [0.29, 0.717) is 25.7 Å². The average Bonchev–Trinajstić information content (AvgIpc) is 1.60. The standard InChI is InChI=1S/C77H150O17P2/c1-6-9-12-15-18-21-24-26-28-29-31-33-36-42-47-52-57-62-76(81)93-72(67-88-75(80)61-56-51-46-41-35-32-30-27-25-22-19-16-13-10-7-2)68-91-95(83,84)89-64-71(78)65-90-96(85,86)92-69-73(66-87-74(79)60-55-50-45-40-34-23-20-17-14-11-8-3)94-77(82)63-58-53-48-43-38-37-39-44-49-54-59-70(4)5/h70-73,78H,6-69H2,1-5H3,(H,83,84)(H,85,86)/t71-,72-,73-/m1/s1. The Labute approximate surface area is 588 Å². The maximum absolute atomic E-state index is 13.1. The first-order chi connectivity index (χ1) is 46.5. The molecule has 0 radical (unpaired) electrons. The molecule has 0 rings (SSSR count). The molecule has 0 aliphatic rings. The lowest BCUT2D eigenvalue weighted by molar-refractivity contribution is -0.161. The lowest BCUT2D eigenvalue weighted by Crippen LogP contribution is -2.30. The van der Waals surface area contributed by atoms with Gasteiger partial charge in [-0.15, -0.1) is 0 Å². The predicted molar refractivity (Wildman–Crippen MR) is 391 cm³/mol. The van der Waals surface area contributed by atoms with Gasteiger partial charge in [0.25, 0.3) is 0 Å². The van der Waals surface area contributed by atoms with E-state index in [1.54, 1.807) is 0 Å². The molecule has 0 aliphatic heterocycles. The van der Waals surface area contributed by atoms with E-state index in [2.05, 4.69) is 34.6 Å². The summed E-state index contributed by atoms with van der Waals surface area (Å²) in [5, 5.41) is 10.6. The number of carbonyl (C=O) groups excluding carboxylic acids is 4. The van der Waals surface area contributed by atoms with Crippen LogP contribution in [0.15, 0.2) is 0 Å². The van der Waals surface area contributed by atoms with E-state index in [0.717, 1.165) is 95.8 Å². The third-order valence-corrected chi connectivity index (χ3v) is 19.9. The van der Waals surface area contributed by atoms with Crippen molar-refractivity contribution in [2.75, 3.05) is 39.6 Å². The van der Waals surface area contributed by atoms with Crippen LogP contribution in [0.25, 0.3) is 0 Å². The van der Waals surface area contributed by atoms with Gasteiger partial charge >= 0.3 is 39.5 Å². The molecule has 0 aromatic carbocycles. The first-order valence-corrected chi connectivity index (χ1v) is 43.1. The fourth-order valence-electron chi connectivity index (χ4n) is 11.9. The number of aliphatic hydroxyl groups excluding tert-OH is 1. The van der Waals surface area contributed by atoms with Crippen molar-refractivity contribution < 1.29 is 80.2 Å². The summed E-state index contributed by atoms with van der Waals surface area (Å²) in [6.45, 7) is 7.30. The second-order valence-corrected chi connectivity index (χ2v) is 31.1. The monoisotopic (exact) mass is 1410 g/mol. The molecule has 2 unspecified atom stereocenters. The van der Waals surface area contributed by atoms with Crippen LogP contribution in [0, 0.1) is 5.92 Å². The summed E-state index contributed by atoms with van der Waals surface area (Å²) in [6.07, 6.45) is 59.5. The molecule has 570 valence electrons. The molecule has 0 saturated heterocycles. The molecule has 0 amide bonds. The van der Waals surface area contributed by atoms with Gasteiger partial charge < -0.3 is 33.8 Å². The number of hydrogen-bond donors (Lipinski definition) is 3. The van der Waals surface area contributed by atoms with E-state index in [-0.39, 0.29) is 25.7 Å². The predicted octanol–water partition coefficient (Wildman–Crippen LogP) is 22.9. The van der Waals surface area contributed by atoms with E-state index in [4.69, 9.17) is 37.0 Å². The summed E-state index contributed by atoms with van der Waals surface area (Å²) in [5.41, 5.74) is 0. The van der Waals surface area contributed by atoms with Gasteiger partial charge in [-0.05, 0) is 31.6 Å². The molecule has 17 nitrogen and oxygen atoms in total. The fraction of sp³-hybridized carbons (Fsp3) is 0.948. The Morgan fingerprint density at radius 2 is 0.479 bits per heavy atom. The quantitative estimate of drug-likeness (QED) is 0.0222. The second-order valence-electron chi connectivity index (χ2n) is 28.2. The molecule has 3 N–H and O–H groups in total. The van der Waals surface area contributed by atoms with Crippen molar-refractivity contribution in [1.82, 2.24) is 0 Å². The van der Waals surface area contributed by atoms with Crippen molar-refractivity contribution in [3.05, 3.63) is 0 Å². The van der Waals surface area contributed by atoms with E-state index >= 15 is 0 Å². The Morgan fingerprint density at radius 3 is 0.708 bits per heavy atom. The van der Waals surface area contributed by atoms with Crippen LogP contribution < -0.4 is 0 Å². The Morgan fingerprint density at radius 1 is 0.281 bits per heavy atom. The molecule has 0 saturated carbocycles. The molecule has 19 heteroatoms. The zero-order valence-electron chi connectivity index (χ0n) is 62.5. The third kappa shape index (κ3) is 70.5. The van der Waals surface area contributed by atoms with Crippen LogP contribution in [-0.2, 0) is 65.4 Å². The molecule has 0 aromatic rings. The summed E-state index contributed by atoms with van der Waals surface area (Å²) in [4.78, 5) is 72.9. The molecule has 96 heavy (non-hydrogen) atoms. The summed E-state index contributed by atoms with van der Waals surface area (Å²) in [6, 6.07) is 0. The van der Waals surface area contributed by atoms with Crippen molar-refractivity contribution in [3.8, 4) is 0 Å². The van der Waals surface area contributed by atoms with Crippen LogP contribution in [0.1, 0.15) is 407 Å². The Balaban J connectivity index is 5.25. The minimum absolute atomic E-state index is 0.107. The molecule has 0 spiro atoms. The first-order valence-electron chi connectivity index (χ1n) is 40.1. The minimum Gasteiger partial charge on any atom is -0.462 e. The largest absolute Gasteiger partial charge is 0.472 e. The van der Waals surface area contributed by atoms with Gasteiger partial charge in [0.15, 0.2) is 12.2 Å². The van der Waals surface area contributed by atoms with Crippen LogP contribution in [0.3, 0.4) is 0 Å². The number of ether oxygens (including phenoxy) is 4. The van der Waals surface area contributed by atoms with Crippen molar-refractivity contribution in [3.63, 3.8) is 0 Å². The van der Waals surface area contributed by atoms with Crippen molar-refractivity contribution in [2.24, 2.45) is 5.92 Å². The van der Waals surface area contributed by atoms with Gasteiger partial charge in [0, 0.05) is 25.7 Å². The van der Waals surface area contributed by atoms with Gasteiger partial charge in [-0.3, -0.25) is 37.3 Å². The maximum atomic E-state index is 13.1. The Hall–Kier alpha value is -1.94. The summed E-state index contributed by atoms with van der Waals surface area (Å²) in [7, 11) is -9.91. The first kappa shape index (κ1) is 94.1. The van der Waals surface area contributed by atoms with Gasteiger partial charge in [0.2, 0.25) is 0 Å². The SMILES string of the molecule is CCCCCCCCCCCCCCCCCCCC(=O)O[C@H](COC(=O)CCCCCCCCCCCCCCCCC)COP(=O)(O)OC[C@@H](O)COP(=O)(O)OC[C@@H](COC(=O)CCCCCCCCCCCCC)OC(=O)CCCCCCCCCCCCC(C)C. The smallest absolute Gasteiger partial charge is 0.462 e. The molecular weight excluding hydrogens is 1260 g/mol. The zero-order chi connectivity index (χ0) is 70.5. The molecule has 0 aliphatic carbocycles. The van der Waals surface area contributed by atoms with Crippen molar-refractivity contribution in [1.29, 1.82) is 0 Å². The maximum Gasteiger partial charge on any atom is 0.472 e. The summed E-state index contributed by atoms with van der Waals surface area (Å²) >= 11 is 0. The highest BCUT2D eigenvalue weighted by Gasteiger charge is 2.30. The molecular formula is C77H150O17P2. The van der Waals surface area contributed by atoms with Crippen molar-refractivity contribution in [2.45, 2.75) is 425 Å². The van der Waals surface area contributed by atoms with Gasteiger partial charge in [-0.1, -0.05) is 356 Å². The molecule has 5 atom stereocenters. The molecule has 0 aromatic heterocycles. The highest BCUT2D eigenvalue weighted by Crippen LogP contribution is 2.45. The second kappa shape index (κ2) is 70.1. The number of esters is 4. The minimum atomic E-state index is -4.96. The van der Waals surface area contributed by atoms with Crippen LogP contribution >= 0.6 is 15.6 Å². The topological polar surface area (TPSA) is 237 Å². The number of hydrogen-bond acceptors (Lipinski definition) is 15. The number of phosphoric ester groups is 2. The van der Waals surface area contributed by atoms with Crippen molar-refractivity contribution >= 4 is 39.5 Å². The van der Waals surface area contributed by atoms with Crippen LogP contribution in [0.2, 0.25) is 0 Å². The van der Waals surface area contributed by atoms with Crippen LogP contribution in [-0.4, -0.2) is 96.7 Å². The van der Waals surface area contributed by atoms with E-state index < -0.39 is 97.5 Å². The van der Waals surface area contributed by atoms with E-state index in [9.17, 15) is 43.2 Å².